The monoisotopic (exact) mass is 457 g/mol. The third-order valence-corrected chi connectivity index (χ3v) is 7.72. The molecule has 0 bridgehead atoms. The van der Waals surface area contributed by atoms with E-state index >= 15 is 0 Å². The van der Waals surface area contributed by atoms with Gasteiger partial charge < -0.3 is 15.0 Å². The van der Waals surface area contributed by atoms with E-state index in [4.69, 9.17) is 4.74 Å². The molecule has 2 aliphatic heterocycles. The van der Waals surface area contributed by atoms with Gasteiger partial charge in [-0.25, -0.2) is 8.42 Å². The van der Waals surface area contributed by atoms with E-state index in [2.05, 4.69) is 5.32 Å². The number of aryl methyl sites for hydroxylation is 1. The number of hydrogen-bond acceptors (Lipinski definition) is 5. The molecule has 2 aliphatic rings. The molecule has 0 atom stereocenters. The molecule has 0 aromatic heterocycles. The van der Waals surface area contributed by atoms with Crippen LogP contribution in [0.2, 0.25) is 0 Å². The SMILES string of the molecule is Cc1ccc(S(=O)(=O)N2CCOCC2)cc1NC(=O)c1ccc(CN2CCCC2=O)cc1. The van der Waals surface area contributed by atoms with Gasteiger partial charge in [0.15, 0.2) is 0 Å². The number of anilines is 1. The molecule has 8 nitrogen and oxygen atoms in total. The number of likely N-dealkylation sites (tertiary alicyclic amines) is 1. The van der Waals surface area contributed by atoms with E-state index in [9.17, 15) is 18.0 Å². The molecule has 0 aliphatic carbocycles. The van der Waals surface area contributed by atoms with Gasteiger partial charge in [-0.05, 0) is 48.7 Å². The summed E-state index contributed by atoms with van der Waals surface area (Å²) < 4.78 is 32.5. The molecule has 9 heteroatoms. The predicted molar refractivity (Wildman–Crippen MR) is 120 cm³/mol. The lowest BCUT2D eigenvalue weighted by Crippen LogP contribution is -2.40. The van der Waals surface area contributed by atoms with Crippen LogP contribution in [0.25, 0.3) is 0 Å². The van der Waals surface area contributed by atoms with Gasteiger partial charge in [-0.1, -0.05) is 18.2 Å². The highest BCUT2D eigenvalue weighted by Gasteiger charge is 2.27. The fourth-order valence-electron chi connectivity index (χ4n) is 3.88. The number of ether oxygens (including phenoxy) is 1. The van der Waals surface area contributed by atoms with Crippen LogP contribution in [0.15, 0.2) is 47.4 Å². The summed E-state index contributed by atoms with van der Waals surface area (Å²) in [6.45, 7) is 4.50. The first-order chi connectivity index (χ1) is 15.3. The Balaban J connectivity index is 1.47. The lowest BCUT2D eigenvalue weighted by atomic mass is 10.1. The molecule has 32 heavy (non-hydrogen) atoms. The van der Waals surface area contributed by atoms with E-state index in [-0.39, 0.29) is 16.7 Å². The van der Waals surface area contributed by atoms with Gasteiger partial charge >= 0.3 is 0 Å². The molecule has 0 saturated carbocycles. The van der Waals surface area contributed by atoms with Gasteiger partial charge in [-0.15, -0.1) is 0 Å². The summed E-state index contributed by atoms with van der Waals surface area (Å²) in [5.41, 5.74) is 2.65. The molecule has 0 radical (unpaired) electrons. The Labute approximate surface area is 188 Å². The van der Waals surface area contributed by atoms with E-state index in [1.165, 1.54) is 10.4 Å². The normalized spacial score (nSPS) is 17.5. The van der Waals surface area contributed by atoms with Crippen molar-refractivity contribution in [3.8, 4) is 0 Å². The first-order valence-corrected chi connectivity index (χ1v) is 12.2. The number of rotatable bonds is 6. The number of nitrogens with zero attached hydrogens (tertiary/aromatic N) is 2. The molecular weight excluding hydrogens is 430 g/mol. The smallest absolute Gasteiger partial charge is 0.255 e. The second-order valence-electron chi connectivity index (χ2n) is 8.06. The number of carbonyl (C=O) groups excluding carboxylic acids is 2. The van der Waals surface area contributed by atoms with Crippen LogP contribution < -0.4 is 5.32 Å². The number of morpholine rings is 1. The summed E-state index contributed by atoms with van der Waals surface area (Å²) in [6.07, 6.45) is 1.49. The molecule has 2 aromatic carbocycles. The number of carbonyl (C=O) groups is 2. The highest BCUT2D eigenvalue weighted by molar-refractivity contribution is 7.89. The second kappa shape index (κ2) is 9.40. The van der Waals surface area contributed by atoms with Gasteiger partial charge in [0.2, 0.25) is 15.9 Å². The van der Waals surface area contributed by atoms with Crippen molar-refractivity contribution in [3.63, 3.8) is 0 Å². The predicted octanol–water partition coefficient (Wildman–Crippen LogP) is 2.39. The lowest BCUT2D eigenvalue weighted by molar-refractivity contribution is -0.128. The second-order valence-corrected chi connectivity index (χ2v) is 10.0. The van der Waals surface area contributed by atoms with Gasteiger partial charge in [-0.2, -0.15) is 4.31 Å². The zero-order valence-corrected chi connectivity index (χ0v) is 18.9. The summed E-state index contributed by atoms with van der Waals surface area (Å²) in [4.78, 5) is 26.5. The van der Waals surface area contributed by atoms with Gasteiger partial charge in [0.1, 0.15) is 0 Å². The molecule has 2 amide bonds. The van der Waals surface area contributed by atoms with Crippen molar-refractivity contribution in [3.05, 3.63) is 59.2 Å². The third kappa shape index (κ3) is 4.85. The van der Waals surface area contributed by atoms with Crippen molar-refractivity contribution in [2.24, 2.45) is 0 Å². The maximum Gasteiger partial charge on any atom is 0.255 e. The maximum absolute atomic E-state index is 12.9. The Morgan fingerprint density at radius 1 is 1.06 bits per heavy atom. The zero-order chi connectivity index (χ0) is 22.7. The van der Waals surface area contributed by atoms with Gasteiger partial charge in [0.05, 0.1) is 18.1 Å². The average molecular weight is 458 g/mol. The molecule has 1 N–H and O–H groups in total. The number of hydrogen-bond donors (Lipinski definition) is 1. The summed E-state index contributed by atoms with van der Waals surface area (Å²) in [6, 6.07) is 11.9. The molecule has 2 fully saturated rings. The Hall–Kier alpha value is -2.75. The Kier molecular flexibility index (Phi) is 6.59. The van der Waals surface area contributed by atoms with Crippen LogP contribution in [-0.4, -0.2) is 62.3 Å². The van der Waals surface area contributed by atoms with Crippen LogP contribution in [0.1, 0.15) is 34.3 Å². The highest BCUT2D eigenvalue weighted by Crippen LogP contribution is 2.24. The lowest BCUT2D eigenvalue weighted by Gasteiger charge is -2.26. The Bertz CT molecular complexity index is 1110. The van der Waals surface area contributed by atoms with Crippen LogP contribution in [0, 0.1) is 6.92 Å². The average Bonchev–Trinajstić information content (AvgIpc) is 3.20. The van der Waals surface area contributed by atoms with E-state index in [0.29, 0.717) is 50.5 Å². The highest BCUT2D eigenvalue weighted by atomic mass is 32.2. The summed E-state index contributed by atoms with van der Waals surface area (Å²) in [5, 5.41) is 2.83. The standard InChI is InChI=1S/C23H27N3O5S/c1-17-4-9-20(32(29,30)26-11-13-31-14-12-26)15-21(17)24-23(28)19-7-5-18(6-8-19)16-25-10-2-3-22(25)27/h4-9,15H,2-3,10-14,16H2,1H3,(H,24,28). The number of amides is 2. The van der Waals surface area contributed by atoms with Crippen LogP contribution in [0.5, 0.6) is 0 Å². The topological polar surface area (TPSA) is 96.0 Å². The number of sulfonamides is 1. The fourth-order valence-corrected chi connectivity index (χ4v) is 5.31. The maximum atomic E-state index is 12.9. The largest absolute Gasteiger partial charge is 0.379 e. The van der Waals surface area contributed by atoms with Crippen LogP contribution in [0.4, 0.5) is 5.69 Å². The van der Waals surface area contributed by atoms with Crippen molar-refractivity contribution in [1.82, 2.24) is 9.21 Å². The van der Waals surface area contributed by atoms with Crippen LogP contribution in [0.3, 0.4) is 0 Å². The summed E-state index contributed by atoms with van der Waals surface area (Å²) >= 11 is 0. The minimum Gasteiger partial charge on any atom is -0.379 e. The molecule has 2 aromatic rings. The number of nitrogens with one attached hydrogen (secondary N) is 1. The molecule has 0 spiro atoms. The van der Waals surface area contributed by atoms with E-state index in [1.807, 2.05) is 24.0 Å². The van der Waals surface area contributed by atoms with Gasteiger partial charge in [0.25, 0.3) is 5.91 Å². The number of benzene rings is 2. The van der Waals surface area contributed by atoms with Crippen molar-refractivity contribution < 1.29 is 22.7 Å². The molecule has 170 valence electrons. The van der Waals surface area contributed by atoms with E-state index in [1.54, 1.807) is 24.3 Å². The third-order valence-electron chi connectivity index (χ3n) is 5.83. The van der Waals surface area contributed by atoms with Crippen LogP contribution >= 0.6 is 0 Å². The molecule has 0 unspecified atom stereocenters. The fraction of sp³-hybridized carbons (Fsp3) is 0.391. The first-order valence-electron chi connectivity index (χ1n) is 10.7. The molecule has 2 saturated heterocycles. The zero-order valence-electron chi connectivity index (χ0n) is 18.0. The van der Waals surface area contributed by atoms with Gasteiger partial charge in [-0.3, -0.25) is 9.59 Å². The minimum absolute atomic E-state index is 0.144. The Morgan fingerprint density at radius 2 is 1.78 bits per heavy atom. The van der Waals surface area contributed by atoms with Crippen molar-refractivity contribution in [1.29, 1.82) is 0 Å². The van der Waals surface area contributed by atoms with E-state index < -0.39 is 10.0 Å². The molecule has 4 rings (SSSR count). The molecular formula is C23H27N3O5S. The van der Waals surface area contributed by atoms with Crippen LogP contribution in [-0.2, 0) is 26.1 Å². The first kappa shape index (κ1) is 22.4. The molecule has 2 heterocycles. The summed E-state index contributed by atoms with van der Waals surface area (Å²) in [5.74, 6) is -0.160. The summed E-state index contributed by atoms with van der Waals surface area (Å²) in [7, 11) is -3.65. The van der Waals surface area contributed by atoms with E-state index in [0.717, 1.165) is 24.1 Å². The van der Waals surface area contributed by atoms with Crippen molar-refractivity contribution in [2.75, 3.05) is 38.2 Å². The quantitative estimate of drug-likeness (QED) is 0.719. The van der Waals surface area contributed by atoms with Gasteiger partial charge in [0, 0.05) is 43.9 Å². The van der Waals surface area contributed by atoms with Crippen molar-refractivity contribution in [2.45, 2.75) is 31.2 Å². The van der Waals surface area contributed by atoms with Crippen molar-refractivity contribution >= 4 is 27.5 Å². The Morgan fingerprint density at radius 3 is 2.44 bits per heavy atom. The minimum atomic E-state index is -3.65.